The monoisotopic (exact) mass is 212 g/mol. The van der Waals surface area contributed by atoms with Crippen molar-refractivity contribution in [2.24, 2.45) is 5.92 Å². The van der Waals surface area contributed by atoms with Crippen molar-refractivity contribution in [1.29, 1.82) is 0 Å². The molecule has 15 heavy (non-hydrogen) atoms. The van der Waals surface area contributed by atoms with Crippen LogP contribution in [-0.4, -0.2) is 61.3 Å². The molecule has 3 heteroatoms. The van der Waals surface area contributed by atoms with Crippen LogP contribution in [0.1, 0.15) is 20.8 Å². The maximum atomic E-state index is 5.41. The molecule has 2 aliphatic rings. The van der Waals surface area contributed by atoms with Crippen molar-refractivity contribution in [1.82, 2.24) is 9.80 Å². The lowest BCUT2D eigenvalue weighted by Gasteiger charge is -2.34. The Hall–Kier alpha value is -0.120. The molecule has 0 saturated carbocycles. The summed E-state index contributed by atoms with van der Waals surface area (Å²) in [5.41, 5.74) is 0. The minimum Gasteiger partial charge on any atom is -0.379 e. The van der Waals surface area contributed by atoms with Crippen LogP contribution in [0.15, 0.2) is 0 Å². The van der Waals surface area contributed by atoms with Gasteiger partial charge in [-0.25, -0.2) is 0 Å². The van der Waals surface area contributed by atoms with Gasteiger partial charge in [-0.3, -0.25) is 9.80 Å². The van der Waals surface area contributed by atoms with Crippen LogP contribution in [0.2, 0.25) is 0 Å². The van der Waals surface area contributed by atoms with Crippen molar-refractivity contribution in [2.45, 2.75) is 32.9 Å². The molecule has 0 radical (unpaired) electrons. The minimum atomic E-state index is 0.693. The van der Waals surface area contributed by atoms with Crippen molar-refractivity contribution in [3.8, 4) is 0 Å². The zero-order chi connectivity index (χ0) is 10.8. The Kier molecular flexibility index (Phi) is 3.65. The van der Waals surface area contributed by atoms with Gasteiger partial charge in [0.2, 0.25) is 0 Å². The van der Waals surface area contributed by atoms with Gasteiger partial charge in [0.25, 0.3) is 0 Å². The van der Waals surface area contributed by atoms with E-state index in [0.717, 1.165) is 38.3 Å². The molecule has 3 nitrogen and oxygen atoms in total. The quantitative estimate of drug-likeness (QED) is 0.680. The third kappa shape index (κ3) is 2.52. The Morgan fingerprint density at radius 1 is 1.13 bits per heavy atom. The first-order valence-electron chi connectivity index (χ1n) is 6.24. The predicted molar refractivity (Wildman–Crippen MR) is 62.1 cm³/mol. The highest BCUT2D eigenvalue weighted by atomic mass is 16.5. The molecular weight excluding hydrogens is 188 g/mol. The molecule has 0 bridgehead atoms. The van der Waals surface area contributed by atoms with E-state index in [1.54, 1.807) is 0 Å². The van der Waals surface area contributed by atoms with Crippen LogP contribution in [0.5, 0.6) is 0 Å². The summed E-state index contributed by atoms with van der Waals surface area (Å²) in [4.78, 5) is 5.22. The van der Waals surface area contributed by atoms with Crippen LogP contribution in [-0.2, 0) is 4.74 Å². The molecule has 0 aromatic heterocycles. The molecule has 2 heterocycles. The number of likely N-dealkylation sites (tertiary alicyclic amines) is 1. The van der Waals surface area contributed by atoms with Crippen LogP contribution in [0.3, 0.4) is 0 Å². The molecule has 0 aromatic rings. The lowest BCUT2D eigenvalue weighted by Crippen LogP contribution is -2.47. The fraction of sp³-hybridized carbons (Fsp3) is 1.00. The highest BCUT2D eigenvalue weighted by Gasteiger charge is 2.35. The first kappa shape index (κ1) is 11.4. The highest BCUT2D eigenvalue weighted by molar-refractivity contribution is 4.90. The van der Waals surface area contributed by atoms with E-state index >= 15 is 0 Å². The third-order valence-corrected chi connectivity index (χ3v) is 3.85. The molecule has 88 valence electrons. The summed E-state index contributed by atoms with van der Waals surface area (Å²) in [7, 11) is 0. The number of morpholine rings is 1. The molecule has 2 saturated heterocycles. The molecule has 2 rings (SSSR count). The van der Waals surface area contributed by atoms with E-state index in [1.807, 2.05) is 0 Å². The highest BCUT2D eigenvalue weighted by Crippen LogP contribution is 2.23. The van der Waals surface area contributed by atoms with Gasteiger partial charge in [0, 0.05) is 38.3 Å². The molecule has 2 aliphatic heterocycles. The van der Waals surface area contributed by atoms with Gasteiger partial charge < -0.3 is 4.74 Å². The van der Waals surface area contributed by atoms with Gasteiger partial charge in [0.15, 0.2) is 0 Å². The average molecular weight is 212 g/mol. The standard InChI is InChI=1S/C12H24N2O/c1-10(2)14-8-11(3)12(9-14)13-4-6-15-7-5-13/h10-12H,4-9H2,1-3H3/t11-,12+/m0/s1. The maximum absolute atomic E-state index is 5.41. The molecule has 0 aliphatic carbocycles. The number of hydrogen-bond acceptors (Lipinski definition) is 3. The third-order valence-electron chi connectivity index (χ3n) is 3.85. The van der Waals surface area contributed by atoms with Gasteiger partial charge in [-0.15, -0.1) is 0 Å². The van der Waals surface area contributed by atoms with E-state index in [-0.39, 0.29) is 0 Å². The number of rotatable bonds is 2. The first-order valence-corrected chi connectivity index (χ1v) is 6.24. The van der Waals surface area contributed by atoms with Crippen molar-refractivity contribution >= 4 is 0 Å². The van der Waals surface area contributed by atoms with E-state index in [9.17, 15) is 0 Å². The molecule has 2 fully saturated rings. The lowest BCUT2D eigenvalue weighted by atomic mass is 10.0. The van der Waals surface area contributed by atoms with Gasteiger partial charge in [0.05, 0.1) is 13.2 Å². The predicted octanol–water partition coefficient (Wildman–Crippen LogP) is 1.05. The Balaban J connectivity index is 1.91. The van der Waals surface area contributed by atoms with Crippen molar-refractivity contribution in [3.63, 3.8) is 0 Å². The summed E-state index contributed by atoms with van der Waals surface area (Å²) in [6.07, 6.45) is 0. The van der Waals surface area contributed by atoms with E-state index in [4.69, 9.17) is 4.74 Å². The largest absolute Gasteiger partial charge is 0.379 e. The van der Waals surface area contributed by atoms with E-state index in [2.05, 4.69) is 30.6 Å². The molecule has 0 aromatic carbocycles. The van der Waals surface area contributed by atoms with Crippen molar-refractivity contribution < 1.29 is 4.74 Å². The van der Waals surface area contributed by atoms with Crippen LogP contribution < -0.4 is 0 Å². The topological polar surface area (TPSA) is 15.7 Å². The summed E-state index contributed by atoms with van der Waals surface area (Å²) in [5.74, 6) is 0.811. The van der Waals surface area contributed by atoms with E-state index < -0.39 is 0 Å². The Labute approximate surface area is 93.4 Å². The zero-order valence-electron chi connectivity index (χ0n) is 10.3. The summed E-state index contributed by atoms with van der Waals surface area (Å²) >= 11 is 0. The summed E-state index contributed by atoms with van der Waals surface area (Å²) in [6, 6.07) is 1.45. The Morgan fingerprint density at radius 3 is 2.33 bits per heavy atom. The average Bonchev–Trinajstić information content (AvgIpc) is 2.62. The van der Waals surface area contributed by atoms with Gasteiger partial charge in [-0.2, -0.15) is 0 Å². The van der Waals surface area contributed by atoms with Crippen molar-refractivity contribution in [2.75, 3.05) is 39.4 Å². The molecule has 0 amide bonds. The van der Waals surface area contributed by atoms with Gasteiger partial charge in [-0.05, 0) is 19.8 Å². The van der Waals surface area contributed by atoms with E-state index in [1.165, 1.54) is 13.1 Å². The van der Waals surface area contributed by atoms with Gasteiger partial charge >= 0.3 is 0 Å². The Morgan fingerprint density at radius 2 is 1.80 bits per heavy atom. The molecule has 0 unspecified atom stereocenters. The minimum absolute atomic E-state index is 0.693. The van der Waals surface area contributed by atoms with E-state index in [0.29, 0.717) is 6.04 Å². The van der Waals surface area contributed by atoms with Crippen LogP contribution in [0.4, 0.5) is 0 Å². The number of nitrogens with zero attached hydrogens (tertiary/aromatic N) is 2. The molecular formula is C12H24N2O. The SMILES string of the molecule is CC(C)N1C[C@@H](N2CCOCC2)[C@@H](C)C1. The van der Waals surface area contributed by atoms with Gasteiger partial charge in [0.1, 0.15) is 0 Å². The van der Waals surface area contributed by atoms with Gasteiger partial charge in [-0.1, -0.05) is 6.92 Å². The van der Waals surface area contributed by atoms with Crippen LogP contribution in [0.25, 0.3) is 0 Å². The summed E-state index contributed by atoms with van der Waals surface area (Å²) in [6.45, 7) is 13.6. The Bertz CT molecular complexity index is 202. The molecule has 0 spiro atoms. The van der Waals surface area contributed by atoms with Crippen molar-refractivity contribution in [3.05, 3.63) is 0 Å². The first-order chi connectivity index (χ1) is 7.18. The fourth-order valence-electron chi connectivity index (χ4n) is 2.79. The smallest absolute Gasteiger partial charge is 0.0594 e. The number of ether oxygens (including phenoxy) is 1. The van der Waals surface area contributed by atoms with Crippen LogP contribution >= 0.6 is 0 Å². The second kappa shape index (κ2) is 4.81. The number of hydrogen-bond donors (Lipinski definition) is 0. The molecule has 2 atom stereocenters. The fourth-order valence-corrected chi connectivity index (χ4v) is 2.79. The summed E-state index contributed by atoms with van der Waals surface area (Å²) in [5, 5.41) is 0. The van der Waals surface area contributed by atoms with Crippen LogP contribution in [0, 0.1) is 5.92 Å². The second-order valence-electron chi connectivity index (χ2n) is 5.24. The normalized spacial score (nSPS) is 35.2. The zero-order valence-corrected chi connectivity index (χ0v) is 10.3. The second-order valence-corrected chi connectivity index (χ2v) is 5.24. The maximum Gasteiger partial charge on any atom is 0.0594 e. The lowest BCUT2D eigenvalue weighted by molar-refractivity contribution is 0.0115. The summed E-state index contributed by atoms with van der Waals surface area (Å²) < 4.78 is 5.41. The molecule has 0 N–H and O–H groups in total.